The Kier molecular flexibility index (Phi) is 4.70. The Bertz CT molecular complexity index is 814. The summed E-state index contributed by atoms with van der Waals surface area (Å²) in [5, 5.41) is 8.34. The molecule has 0 saturated carbocycles. The topological polar surface area (TPSA) is 79.5 Å². The maximum atomic E-state index is 12.8. The minimum Gasteiger partial charge on any atom is -0.497 e. The number of rotatable bonds is 4. The van der Waals surface area contributed by atoms with Crippen molar-refractivity contribution in [1.29, 1.82) is 0 Å². The number of amides is 3. The molecule has 3 N–H and O–H groups in total. The van der Waals surface area contributed by atoms with E-state index in [0.717, 1.165) is 5.56 Å². The molecule has 1 aliphatic rings. The molecule has 1 heterocycles. The summed E-state index contributed by atoms with van der Waals surface area (Å²) in [7, 11) is 1.59. The smallest absolute Gasteiger partial charge is 0.319 e. The number of allylic oxidation sites excluding steroid dienone is 1. The van der Waals surface area contributed by atoms with Crippen molar-refractivity contribution in [3.63, 3.8) is 0 Å². The summed E-state index contributed by atoms with van der Waals surface area (Å²) < 4.78 is 5.16. The molecular weight excluding hydrogens is 318 g/mol. The van der Waals surface area contributed by atoms with E-state index < -0.39 is 6.04 Å². The third kappa shape index (κ3) is 3.63. The highest BCUT2D eigenvalue weighted by Crippen LogP contribution is 2.28. The third-order valence-corrected chi connectivity index (χ3v) is 3.99. The number of hydrogen-bond donors (Lipinski definition) is 3. The molecule has 128 valence electrons. The highest BCUT2D eigenvalue weighted by Gasteiger charge is 2.31. The molecule has 0 spiro atoms. The molecular formula is C19H19N3O3. The standard InChI is InChI=1S/C19H19N3O3/c1-12-16(18(23)21-14-6-4-3-5-7-14)17(22-19(24)20-12)13-8-10-15(25-2)11-9-13/h3-11,17H,1-2H3,(H,21,23)(H2,20,22,24)/t17-/m0/s1. The van der Waals surface area contributed by atoms with Crippen LogP contribution >= 0.6 is 0 Å². The lowest BCUT2D eigenvalue weighted by Crippen LogP contribution is -2.45. The van der Waals surface area contributed by atoms with Crippen molar-refractivity contribution < 1.29 is 14.3 Å². The van der Waals surface area contributed by atoms with Gasteiger partial charge in [0.25, 0.3) is 5.91 Å². The summed E-state index contributed by atoms with van der Waals surface area (Å²) in [5.74, 6) is 0.442. The number of nitrogens with one attached hydrogen (secondary N) is 3. The van der Waals surface area contributed by atoms with Crippen LogP contribution in [0.1, 0.15) is 18.5 Å². The molecule has 6 heteroatoms. The Balaban J connectivity index is 1.93. The lowest BCUT2D eigenvalue weighted by Gasteiger charge is -2.28. The van der Waals surface area contributed by atoms with Crippen molar-refractivity contribution in [1.82, 2.24) is 10.6 Å². The minimum atomic E-state index is -0.539. The number of hydrogen-bond acceptors (Lipinski definition) is 3. The van der Waals surface area contributed by atoms with Crippen molar-refractivity contribution in [3.05, 3.63) is 71.4 Å². The van der Waals surface area contributed by atoms with Crippen LogP contribution in [0.25, 0.3) is 0 Å². The summed E-state index contributed by atoms with van der Waals surface area (Å²) in [5.41, 5.74) is 2.48. The lowest BCUT2D eigenvalue weighted by molar-refractivity contribution is -0.113. The number of ether oxygens (including phenoxy) is 1. The van der Waals surface area contributed by atoms with Crippen LogP contribution < -0.4 is 20.7 Å². The summed E-state index contributed by atoms with van der Waals surface area (Å²) in [6.45, 7) is 1.72. The van der Waals surface area contributed by atoms with Crippen molar-refractivity contribution in [2.24, 2.45) is 0 Å². The Labute approximate surface area is 145 Å². The Morgan fingerprint density at radius 1 is 1.08 bits per heavy atom. The molecule has 3 amide bonds. The van der Waals surface area contributed by atoms with Crippen molar-refractivity contribution in [3.8, 4) is 5.75 Å². The minimum absolute atomic E-state index is 0.267. The predicted molar refractivity (Wildman–Crippen MR) is 95.2 cm³/mol. The summed E-state index contributed by atoms with van der Waals surface area (Å²) in [6.07, 6.45) is 0. The fraction of sp³-hybridized carbons (Fsp3) is 0.158. The zero-order valence-electron chi connectivity index (χ0n) is 14.0. The van der Waals surface area contributed by atoms with Gasteiger partial charge in [0.15, 0.2) is 0 Å². The highest BCUT2D eigenvalue weighted by molar-refractivity contribution is 6.06. The van der Waals surface area contributed by atoms with E-state index in [2.05, 4.69) is 16.0 Å². The number of methoxy groups -OCH3 is 1. The Hall–Kier alpha value is -3.28. The van der Waals surface area contributed by atoms with Gasteiger partial charge in [0.1, 0.15) is 5.75 Å². The predicted octanol–water partition coefficient (Wildman–Crippen LogP) is 2.96. The van der Waals surface area contributed by atoms with Gasteiger partial charge in [-0.2, -0.15) is 0 Å². The van der Waals surface area contributed by atoms with E-state index in [1.54, 1.807) is 26.2 Å². The maximum Gasteiger partial charge on any atom is 0.319 e. The van der Waals surface area contributed by atoms with Crippen LogP contribution in [0, 0.1) is 0 Å². The Morgan fingerprint density at radius 3 is 2.40 bits per heavy atom. The maximum absolute atomic E-state index is 12.8. The van der Waals surface area contributed by atoms with Gasteiger partial charge in [0.2, 0.25) is 0 Å². The number of para-hydroxylation sites is 1. The van der Waals surface area contributed by atoms with E-state index in [0.29, 0.717) is 22.7 Å². The average molecular weight is 337 g/mol. The van der Waals surface area contributed by atoms with E-state index in [4.69, 9.17) is 4.74 Å². The fourth-order valence-electron chi connectivity index (χ4n) is 2.76. The van der Waals surface area contributed by atoms with Crippen molar-refractivity contribution in [2.45, 2.75) is 13.0 Å². The van der Waals surface area contributed by atoms with E-state index in [-0.39, 0.29) is 11.9 Å². The monoisotopic (exact) mass is 337 g/mol. The molecule has 25 heavy (non-hydrogen) atoms. The lowest BCUT2D eigenvalue weighted by atomic mass is 9.94. The molecule has 0 fully saturated rings. The second-order valence-corrected chi connectivity index (χ2v) is 5.66. The van der Waals surface area contributed by atoms with Gasteiger partial charge in [-0.05, 0) is 36.8 Å². The molecule has 0 bridgehead atoms. The third-order valence-electron chi connectivity index (χ3n) is 3.99. The quantitative estimate of drug-likeness (QED) is 0.802. The first kappa shape index (κ1) is 16.6. The molecule has 0 unspecified atom stereocenters. The average Bonchev–Trinajstić information content (AvgIpc) is 2.62. The molecule has 6 nitrogen and oxygen atoms in total. The molecule has 0 aromatic heterocycles. The number of urea groups is 1. The van der Waals surface area contributed by atoms with E-state index in [1.165, 1.54) is 0 Å². The number of benzene rings is 2. The van der Waals surface area contributed by atoms with Gasteiger partial charge in [0, 0.05) is 11.4 Å². The first-order chi connectivity index (χ1) is 12.1. The van der Waals surface area contributed by atoms with Crippen molar-refractivity contribution >= 4 is 17.6 Å². The Morgan fingerprint density at radius 2 is 1.76 bits per heavy atom. The zero-order chi connectivity index (χ0) is 17.8. The van der Waals surface area contributed by atoms with E-state index in [9.17, 15) is 9.59 Å². The fourth-order valence-corrected chi connectivity index (χ4v) is 2.76. The van der Waals surface area contributed by atoms with Gasteiger partial charge in [-0.15, -0.1) is 0 Å². The van der Waals surface area contributed by atoms with Gasteiger partial charge >= 0.3 is 6.03 Å². The van der Waals surface area contributed by atoms with Gasteiger partial charge in [0.05, 0.1) is 18.7 Å². The van der Waals surface area contributed by atoms with E-state index in [1.807, 2.05) is 42.5 Å². The molecule has 1 atom stereocenters. The van der Waals surface area contributed by atoms with Crippen LogP contribution in [0.5, 0.6) is 5.75 Å². The normalized spacial score (nSPS) is 16.7. The molecule has 0 saturated heterocycles. The number of carbonyl (C=O) groups excluding carboxylic acids is 2. The molecule has 0 aliphatic carbocycles. The highest BCUT2D eigenvalue weighted by atomic mass is 16.5. The molecule has 0 radical (unpaired) electrons. The van der Waals surface area contributed by atoms with Gasteiger partial charge in [-0.3, -0.25) is 4.79 Å². The van der Waals surface area contributed by atoms with Gasteiger partial charge < -0.3 is 20.7 Å². The van der Waals surface area contributed by atoms with Crippen LogP contribution in [0.4, 0.5) is 10.5 Å². The van der Waals surface area contributed by atoms with Crippen molar-refractivity contribution in [2.75, 3.05) is 12.4 Å². The largest absolute Gasteiger partial charge is 0.497 e. The van der Waals surface area contributed by atoms with Gasteiger partial charge in [-0.1, -0.05) is 30.3 Å². The van der Waals surface area contributed by atoms with Crippen LogP contribution in [0.15, 0.2) is 65.9 Å². The molecule has 2 aromatic rings. The first-order valence-electron chi connectivity index (χ1n) is 7.87. The summed E-state index contributed by atoms with van der Waals surface area (Å²) in [6, 6.07) is 15.6. The molecule has 1 aliphatic heterocycles. The second-order valence-electron chi connectivity index (χ2n) is 5.66. The second kappa shape index (κ2) is 7.09. The van der Waals surface area contributed by atoms with Crippen LogP contribution in [0.2, 0.25) is 0 Å². The molecule has 2 aromatic carbocycles. The SMILES string of the molecule is COc1ccc([C@@H]2NC(=O)NC(C)=C2C(=O)Nc2ccccc2)cc1. The summed E-state index contributed by atoms with van der Waals surface area (Å²) >= 11 is 0. The van der Waals surface area contributed by atoms with E-state index >= 15 is 0 Å². The van der Waals surface area contributed by atoms with Crippen LogP contribution in [-0.4, -0.2) is 19.0 Å². The number of anilines is 1. The zero-order valence-corrected chi connectivity index (χ0v) is 14.0. The first-order valence-corrected chi connectivity index (χ1v) is 7.87. The number of carbonyl (C=O) groups is 2. The van der Waals surface area contributed by atoms with Crippen LogP contribution in [0.3, 0.4) is 0 Å². The molecule has 3 rings (SSSR count). The summed E-state index contributed by atoms with van der Waals surface area (Å²) in [4.78, 5) is 24.7. The van der Waals surface area contributed by atoms with Gasteiger partial charge in [-0.25, -0.2) is 4.79 Å². The van der Waals surface area contributed by atoms with Crippen LogP contribution in [-0.2, 0) is 4.79 Å².